The molecule has 0 saturated carbocycles. The lowest BCUT2D eigenvalue weighted by molar-refractivity contribution is -0.398. The van der Waals surface area contributed by atoms with Gasteiger partial charge < -0.3 is 9.84 Å². The fraction of sp³-hybridized carbons (Fsp3) is 0.0588. The number of nitro benzene ring substituents is 1. The van der Waals surface area contributed by atoms with Crippen LogP contribution in [0.1, 0.15) is 5.56 Å². The fourth-order valence-electron chi connectivity index (χ4n) is 2.37. The van der Waals surface area contributed by atoms with Gasteiger partial charge in [-0.25, -0.2) is 0 Å². The molecule has 0 unspecified atom stereocenters. The van der Waals surface area contributed by atoms with Gasteiger partial charge in [0.1, 0.15) is 5.75 Å². The molecule has 1 N–H and O–H groups in total. The molecule has 3 aromatic rings. The summed E-state index contributed by atoms with van der Waals surface area (Å²) in [5.41, 5.74) is 4.01. The third-order valence-electron chi connectivity index (χ3n) is 3.58. The molecular formula is C17H12ClN4O4-. The summed E-state index contributed by atoms with van der Waals surface area (Å²) in [7, 11) is 1.27. The van der Waals surface area contributed by atoms with E-state index in [4.69, 9.17) is 16.3 Å². The largest absolute Gasteiger partial charge is 0.865 e. The van der Waals surface area contributed by atoms with E-state index in [1.54, 1.807) is 24.4 Å². The number of benzene rings is 2. The van der Waals surface area contributed by atoms with Gasteiger partial charge >= 0.3 is 0 Å². The van der Waals surface area contributed by atoms with Gasteiger partial charge in [0, 0.05) is 34.0 Å². The van der Waals surface area contributed by atoms with Crippen LogP contribution < -0.4 is 15.3 Å². The standard InChI is InChI=1S/C17H13ClN4O4/c1-26-16-7-10(6-15(17(16)23)22(24)25)9-20-21-13-4-5-19-14-8-11(18)2-3-12(13)14/h2-9,23H,1H3,(H,19,21)/p-1/b20-9-. The number of hydrogen-bond donors (Lipinski definition) is 1. The van der Waals surface area contributed by atoms with Crippen LogP contribution in [0.3, 0.4) is 0 Å². The summed E-state index contributed by atoms with van der Waals surface area (Å²) >= 11 is 5.95. The second-order valence-corrected chi connectivity index (χ2v) is 5.65. The molecule has 0 amide bonds. The van der Waals surface area contributed by atoms with Crippen molar-refractivity contribution in [2.75, 3.05) is 12.5 Å². The number of anilines is 1. The van der Waals surface area contributed by atoms with Gasteiger partial charge in [0.15, 0.2) is 0 Å². The molecule has 26 heavy (non-hydrogen) atoms. The van der Waals surface area contributed by atoms with E-state index in [-0.39, 0.29) is 5.75 Å². The molecule has 3 rings (SSSR count). The average molecular weight is 372 g/mol. The highest BCUT2D eigenvalue weighted by Crippen LogP contribution is 2.34. The summed E-state index contributed by atoms with van der Waals surface area (Å²) in [6.07, 6.45) is 2.97. The fourth-order valence-corrected chi connectivity index (χ4v) is 2.53. The highest BCUT2D eigenvalue weighted by Gasteiger charge is 2.12. The average Bonchev–Trinajstić information content (AvgIpc) is 2.62. The molecular weight excluding hydrogens is 360 g/mol. The smallest absolute Gasteiger partial charge is 0.266 e. The molecule has 0 aliphatic carbocycles. The molecule has 0 aliphatic rings. The summed E-state index contributed by atoms with van der Waals surface area (Å²) in [5, 5.41) is 28.3. The number of halogens is 1. The third kappa shape index (κ3) is 3.50. The third-order valence-corrected chi connectivity index (χ3v) is 3.81. The number of ether oxygens (including phenoxy) is 1. The molecule has 0 aliphatic heterocycles. The number of hydrazone groups is 1. The quantitative estimate of drug-likeness (QED) is 0.418. The topological polar surface area (TPSA) is 113 Å². The first-order valence-electron chi connectivity index (χ1n) is 7.36. The molecule has 0 bridgehead atoms. The van der Waals surface area contributed by atoms with Crippen molar-refractivity contribution in [1.29, 1.82) is 0 Å². The van der Waals surface area contributed by atoms with Gasteiger partial charge in [-0.05, 0) is 30.3 Å². The zero-order valence-electron chi connectivity index (χ0n) is 13.5. The maximum atomic E-state index is 11.8. The first-order valence-corrected chi connectivity index (χ1v) is 7.74. The number of aromatic nitrogens is 1. The van der Waals surface area contributed by atoms with E-state index >= 15 is 0 Å². The van der Waals surface area contributed by atoms with Gasteiger partial charge in [0.25, 0.3) is 5.69 Å². The van der Waals surface area contributed by atoms with Gasteiger partial charge in [-0.3, -0.25) is 20.5 Å². The molecule has 0 atom stereocenters. The lowest BCUT2D eigenvalue weighted by Gasteiger charge is -2.13. The maximum absolute atomic E-state index is 11.8. The Bertz CT molecular complexity index is 1020. The Morgan fingerprint density at radius 2 is 2.12 bits per heavy atom. The Kier molecular flexibility index (Phi) is 4.85. The van der Waals surface area contributed by atoms with E-state index < -0.39 is 16.4 Å². The van der Waals surface area contributed by atoms with Gasteiger partial charge in [0.05, 0.1) is 29.5 Å². The van der Waals surface area contributed by atoms with Gasteiger partial charge in [0.2, 0.25) is 0 Å². The van der Waals surface area contributed by atoms with Crippen molar-refractivity contribution in [3.63, 3.8) is 0 Å². The van der Waals surface area contributed by atoms with Crippen molar-refractivity contribution >= 4 is 40.1 Å². The maximum Gasteiger partial charge on any atom is 0.266 e. The van der Waals surface area contributed by atoms with E-state index in [1.165, 1.54) is 19.4 Å². The van der Waals surface area contributed by atoms with Crippen molar-refractivity contribution in [3.8, 4) is 11.5 Å². The van der Waals surface area contributed by atoms with Crippen LogP contribution in [0.25, 0.3) is 10.9 Å². The molecule has 1 heterocycles. The van der Waals surface area contributed by atoms with Crippen LogP contribution in [-0.4, -0.2) is 23.2 Å². The number of rotatable bonds is 5. The van der Waals surface area contributed by atoms with Gasteiger partial charge in [-0.2, -0.15) is 5.10 Å². The highest BCUT2D eigenvalue weighted by atomic mass is 35.5. The minimum Gasteiger partial charge on any atom is -0.865 e. The van der Waals surface area contributed by atoms with Crippen molar-refractivity contribution in [3.05, 3.63) is 63.3 Å². The van der Waals surface area contributed by atoms with Gasteiger partial charge in [-0.15, -0.1) is 0 Å². The van der Waals surface area contributed by atoms with Crippen molar-refractivity contribution < 1.29 is 14.8 Å². The van der Waals surface area contributed by atoms with E-state index in [9.17, 15) is 15.2 Å². The molecule has 0 spiro atoms. The van der Waals surface area contributed by atoms with E-state index in [1.807, 2.05) is 6.07 Å². The van der Waals surface area contributed by atoms with E-state index in [0.29, 0.717) is 21.8 Å². The summed E-state index contributed by atoms with van der Waals surface area (Å²) in [6, 6.07) is 9.53. The van der Waals surface area contributed by atoms with Crippen LogP contribution in [0, 0.1) is 10.1 Å². The molecule has 2 aromatic carbocycles. The lowest BCUT2D eigenvalue weighted by atomic mass is 10.2. The Hall–Kier alpha value is -3.39. The number of nitro groups is 1. The molecule has 0 fully saturated rings. The van der Waals surface area contributed by atoms with Crippen molar-refractivity contribution in [2.45, 2.75) is 0 Å². The normalized spacial score (nSPS) is 11.0. The van der Waals surface area contributed by atoms with Gasteiger partial charge in [-0.1, -0.05) is 11.6 Å². The zero-order valence-corrected chi connectivity index (χ0v) is 14.2. The van der Waals surface area contributed by atoms with Crippen LogP contribution in [-0.2, 0) is 0 Å². The number of nitrogens with zero attached hydrogens (tertiary/aromatic N) is 3. The summed E-state index contributed by atoms with van der Waals surface area (Å²) in [5.74, 6) is -0.899. The Balaban J connectivity index is 1.90. The number of hydrogen-bond acceptors (Lipinski definition) is 7. The van der Waals surface area contributed by atoms with Crippen LogP contribution >= 0.6 is 11.6 Å². The number of pyridine rings is 1. The molecule has 8 nitrogen and oxygen atoms in total. The lowest BCUT2D eigenvalue weighted by Crippen LogP contribution is -2.02. The van der Waals surface area contributed by atoms with Crippen molar-refractivity contribution in [2.24, 2.45) is 5.10 Å². The van der Waals surface area contributed by atoms with Crippen LogP contribution in [0.2, 0.25) is 5.02 Å². The molecule has 9 heteroatoms. The monoisotopic (exact) mass is 371 g/mol. The molecule has 132 valence electrons. The highest BCUT2D eigenvalue weighted by molar-refractivity contribution is 6.31. The zero-order chi connectivity index (χ0) is 18.7. The number of fused-ring (bicyclic) bond motifs is 1. The van der Waals surface area contributed by atoms with Crippen molar-refractivity contribution in [1.82, 2.24) is 4.98 Å². The van der Waals surface area contributed by atoms with E-state index in [2.05, 4.69) is 15.5 Å². The Morgan fingerprint density at radius 1 is 1.31 bits per heavy atom. The number of nitrogens with one attached hydrogen (secondary N) is 1. The summed E-state index contributed by atoms with van der Waals surface area (Å²) in [4.78, 5) is 14.5. The first kappa shape index (κ1) is 17.4. The molecule has 0 radical (unpaired) electrons. The first-order chi connectivity index (χ1) is 12.5. The minimum atomic E-state index is -0.778. The van der Waals surface area contributed by atoms with E-state index in [0.717, 1.165) is 11.5 Å². The Morgan fingerprint density at radius 3 is 2.85 bits per heavy atom. The molecule has 1 aromatic heterocycles. The Labute approximate surface area is 152 Å². The van der Waals surface area contributed by atoms with Crippen LogP contribution in [0.4, 0.5) is 11.4 Å². The predicted octanol–water partition coefficient (Wildman–Crippen LogP) is 3.32. The molecule has 0 saturated heterocycles. The number of methoxy groups -OCH3 is 1. The van der Waals surface area contributed by atoms with Crippen LogP contribution in [0.15, 0.2) is 47.7 Å². The van der Waals surface area contributed by atoms with Crippen LogP contribution in [0.5, 0.6) is 11.5 Å². The SMILES string of the molecule is COc1cc(/C=N\Nc2ccnc3cc(Cl)ccc23)cc([N+](=O)[O-])c1[O-]. The summed E-state index contributed by atoms with van der Waals surface area (Å²) in [6.45, 7) is 0. The minimum absolute atomic E-state index is 0.121. The second-order valence-electron chi connectivity index (χ2n) is 5.22. The predicted molar refractivity (Wildman–Crippen MR) is 97.1 cm³/mol. The summed E-state index contributed by atoms with van der Waals surface area (Å²) < 4.78 is 4.89. The second kappa shape index (κ2) is 7.24.